The molecule has 0 heterocycles. The summed E-state index contributed by atoms with van der Waals surface area (Å²) in [5.74, 6) is 0.272. The van der Waals surface area contributed by atoms with Crippen LogP contribution in [0.25, 0.3) is 10.8 Å². The van der Waals surface area contributed by atoms with Crippen molar-refractivity contribution in [3.05, 3.63) is 155 Å². The molecule has 0 amide bonds. The second-order valence-electron chi connectivity index (χ2n) is 10.2. The maximum Gasteiger partial charge on any atom is 0.122 e. The van der Waals surface area contributed by atoms with Crippen LogP contribution in [0, 0.1) is 0 Å². The summed E-state index contributed by atoms with van der Waals surface area (Å²) in [6, 6.07) is 42.9. The second-order valence-corrected chi connectivity index (χ2v) is 10.2. The smallest absolute Gasteiger partial charge is 0.122 e. The minimum absolute atomic E-state index is 0.0193. The molecule has 2 nitrogen and oxygen atoms in total. The van der Waals surface area contributed by atoms with E-state index in [1.54, 1.807) is 0 Å². The van der Waals surface area contributed by atoms with Crippen LogP contribution < -0.4 is 5.32 Å². The van der Waals surface area contributed by atoms with Crippen LogP contribution >= 0.6 is 0 Å². The maximum absolute atomic E-state index is 12.9. The fourth-order valence-corrected chi connectivity index (χ4v) is 6.87. The molecule has 2 aliphatic carbocycles. The molecule has 36 heavy (non-hydrogen) atoms. The van der Waals surface area contributed by atoms with Gasteiger partial charge >= 0.3 is 0 Å². The lowest BCUT2D eigenvalue weighted by atomic mass is 9.56. The molecule has 5 aromatic carbocycles. The van der Waals surface area contributed by atoms with Crippen molar-refractivity contribution >= 4 is 10.8 Å². The Hall–Kier alpha value is -3.72. The minimum Gasteiger partial charge on any atom is -0.380 e. The summed E-state index contributed by atoms with van der Waals surface area (Å²) in [6.07, 6.45) is 0.903. The van der Waals surface area contributed by atoms with Gasteiger partial charge in [-0.3, -0.25) is 0 Å². The van der Waals surface area contributed by atoms with Crippen molar-refractivity contribution in [1.29, 1.82) is 0 Å². The van der Waals surface area contributed by atoms with Crippen molar-refractivity contribution < 1.29 is 5.11 Å². The van der Waals surface area contributed by atoms with Gasteiger partial charge in [0.05, 0.1) is 0 Å². The van der Waals surface area contributed by atoms with E-state index in [1.807, 2.05) is 0 Å². The van der Waals surface area contributed by atoms with Crippen LogP contribution in [0.5, 0.6) is 0 Å². The molecule has 2 heteroatoms. The summed E-state index contributed by atoms with van der Waals surface area (Å²) < 4.78 is 0. The van der Waals surface area contributed by atoms with Gasteiger partial charge in [0.1, 0.15) is 5.60 Å². The molecular formula is C34H29NO. The third-order valence-electron chi connectivity index (χ3n) is 8.44. The van der Waals surface area contributed by atoms with E-state index in [-0.39, 0.29) is 12.0 Å². The van der Waals surface area contributed by atoms with E-state index in [0.29, 0.717) is 5.92 Å². The van der Waals surface area contributed by atoms with E-state index < -0.39 is 5.60 Å². The summed E-state index contributed by atoms with van der Waals surface area (Å²) >= 11 is 0. The van der Waals surface area contributed by atoms with E-state index >= 15 is 0 Å². The summed E-state index contributed by atoms with van der Waals surface area (Å²) in [5, 5.41) is 19.1. The summed E-state index contributed by atoms with van der Waals surface area (Å²) in [5.41, 5.74) is 6.05. The highest BCUT2D eigenvalue weighted by molar-refractivity contribution is 5.87. The van der Waals surface area contributed by atoms with Gasteiger partial charge in [0.25, 0.3) is 0 Å². The molecule has 2 aliphatic rings. The minimum atomic E-state index is -1.10. The van der Waals surface area contributed by atoms with Gasteiger partial charge in [0, 0.05) is 24.4 Å². The van der Waals surface area contributed by atoms with Gasteiger partial charge < -0.3 is 10.4 Å². The molecule has 0 saturated heterocycles. The zero-order chi connectivity index (χ0) is 24.1. The normalized spacial score (nSPS) is 24.2. The SMILES string of the molecule is O[C@]1(c2cccc3ccccc23)c2ccccc2[C@H]2C[C@@H]1c1ccccc1[C@H]2NCc1ccccc1. The zero-order valence-electron chi connectivity index (χ0n) is 20.1. The Morgan fingerprint density at radius 1 is 0.639 bits per heavy atom. The lowest BCUT2D eigenvalue weighted by Crippen LogP contribution is -2.46. The first-order valence-electron chi connectivity index (χ1n) is 12.9. The lowest BCUT2D eigenvalue weighted by molar-refractivity contribution is 0.0268. The summed E-state index contributed by atoms with van der Waals surface area (Å²) in [4.78, 5) is 0. The third-order valence-corrected chi connectivity index (χ3v) is 8.44. The van der Waals surface area contributed by atoms with Gasteiger partial charge in [-0.25, -0.2) is 0 Å². The number of hydrogen-bond acceptors (Lipinski definition) is 2. The van der Waals surface area contributed by atoms with Gasteiger partial charge in [0.2, 0.25) is 0 Å². The number of fused-ring (bicyclic) bond motifs is 7. The first-order valence-corrected chi connectivity index (χ1v) is 12.9. The van der Waals surface area contributed by atoms with E-state index in [2.05, 4.69) is 127 Å². The topological polar surface area (TPSA) is 32.3 Å². The van der Waals surface area contributed by atoms with Crippen LogP contribution in [0.15, 0.2) is 121 Å². The molecule has 0 unspecified atom stereocenters. The molecule has 0 fully saturated rings. The van der Waals surface area contributed by atoms with Crippen molar-refractivity contribution in [2.45, 2.75) is 36.4 Å². The highest BCUT2D eigenvalue weighted by Crippen LogP contribution is 2.60. The highest BCUT2D eigenvalue weighted by atomic mass is 16.3. The molecule has 2 N–H and O–H groups in total. The van der Waals surface area contributed by atoms with Crippen LogP contribution in [-0.4, -0.2) is 5.11 Å². The number of aliphatic hydroxyl groups is 1. The van der Waals surface area contributed by atoms with Crippen molar-refractivity contribution in [3.8, 4) is 0 Å². The second kappa shape index (κ2) is 8.44. The van der Waals surface area contributed by atoms with E-state index in [4.69, 9.17) is 0 Å². The van der Waals surface area contributed by atoms with Crippen LogP contribution in [-0.2, 0) is 12.1 Å². The first kappa shape index (κ1) is 21.6. The molecule has 5 aromatic rings. The number of hydrogen-bond donors (Lipinski definition) is 2. The Balaban J connectivity index is 1.42. The first-order chi connectivity index (χ1) is 17.7. The summed E-state index contributed by atoms with van der Waals surface area (Å²) in [6.45, 7) is 0.816. The van der Waals surface area contributed by atoms with E-state index in [0.717, 1.165) is 34.9 Å². The largest absolute Gasteiger partial charge is 0.380 e. The molecule has 0 spiro atoms. The van der Waals surface area contributed by atoms with Crippen molar-refractivity contribution in [2.75, 3.05) is 0 Å². The Labute approximate surface area is 212 Å². The lowest BCUT2D eigenvalue weighted by Gasteiger charge is -2.51. The number of rotatable bonds is 4. The van der Waals surface area contributed by atoms with Crippen molar-refractivity contribution in [1.82, 2.24) is 5.32 Å². The van der Waals surface area contributed by atoms with Crippen molar-refractivity contribution in [3.63, 3.8) is 0 Å². The Morgan fingerprint density at radius 3 is 2.14 bits per heavy atom. The Kier molecular flexibility index (Phi) is 5.06. The molecular weight excluding hydrogens is 438 g/mol. The molecule has 7 rings (SSSR count). The zero-order valence-corrected chi connectivity index (χ0v) is 20.1. The number of nitrogens with one attached hydrogen (secondary N) is 1. The van der Waals surface area contributed by atoms with E-state index in [9.17, 15) is 5.11 Å². The van der Waals surface area contributed by atoms with Crippen molar-refractivity contribution in [2.24, 2.45) is 0 Å². The van der Waals surface area contributed by atoms with Gasteiger partial charge in [-0.2, -0.15) is 0 Å². The van der Waals surface area contributed by atoms with Gasteiger partial charge in [-0.1, -0.05) is 121 Å². The molecule has 0 saturated carbocycles. The molecule has 176 valence electrons. The average Bonchev–Trinajstić information content (AvgIpc) is 2.95. The number of benzene rings is 5. The van der Waals surface area contributed by atoms with Gasteiger partial charge in [-0.15, -0.1) is 0 Å². The third kappa shape index (κ3) is 3.19. The van der Waals surface area contributed by atoms with Gasteiger partial charge in [-0.05, 0) is 50.6 Å². The molecule has 0 radical (unpaired) electrons. The quantitative estimate of drug-likeness (QED) is 0.293. The highest BCUT2D eigenvalue weighted by Gasteiger charge is 2.53. The van der Waals surface area contributed by atoms with Gasteiger partial charge in [0.15, 0.2) is 0 Å². The van der Waals surface area contributed by atoms with Crippen LogP contribution in [0.2, 0.25) is 0 Å². The fraction of sp³-hybridized carbons (Fsp3) is 0.176. The van der Waals surface area contributed by atoms with Crippen LogP contribution in [0.3, 0.4) is 0 Å². The fourth-order valence-electron chi connectivity index (χ4n) is 6.87. The molecule has 0 aliphatic heterocycles. The monoisotopic (exact) mass is 467 g/mol. The van der Waals surface area contributed by atoms with E-state index in [1.165, 1.54) is 22.3 Å². The van der Waals surface area contributed by atoms with Crippen LogP contribution in [0.4, 0.5) is 0 Å². The molecule has 4 atom stereocenters. The average molecular weight is 468 g/mol. The predicted octanol–water partition coefficient (Wildman–Crippen LogP) is 7.19. The molecule has 2 bridgehead atoms. The standard InChI is InChI=1S/C34H29NO/c36-34(30-20-10-14-24-13-4-5-15-25(24)30)31-19-9-8-17-27(31)29-21-32(34)26-16-6-7-18-28(26)33(29)35-22-23-11-2-1-3-12-23/h1-20,29,32-33,35-36H,21-22H2/t29-,32-,33-,34-/m1/s1. The summed E-state index contributed by atoms with van der Waals surface area (Å²) in [7, 11) is 0. The Morgan fingerprint density at radius 2 is 1.28 bits per heavy atom. The Bertz CT molecular complexity index is 1550. The predicted molar refractivity (Wildman–Crippen MR) is 146 cm³/mol. The van der Waals surface area contributed by atoms with Crippen LogP contribution in [0.1, 0.15) is 57.7 Å². The maximum atomic E-state index is 12.9. The molecule has 0 aromatic heterocycles.